The van der Waals surface area contributed by atoms with Crippen molar-refractivity contribution in [3.8, 4) is 0 Å². The molecule has 1 aliphatic rings. The maximum absolute atomic E-state index is 11.2. The number of carbonyl (C=O) groups is 1. The first-order valence-electron chi connectivity index (χ1n) is 5.61. The Balaban J connectivity index is 1.91. The van der Waals surface area contributed by atoms with Gasteiger partial charge in [-0.1, -0.05) is 35.9 Å². The van der Waals surface area contributed by atoms with Gasteiger partial charge in [0.2, 0.25) is 0 Å². The number of hydrogen-bond donors (Lipinski definition) is 0. The quantitative estimate of drug-likeness (QED) is 0.731. The molecule has 0 bridgehead atoms. The molecule has 0 spiro atoms. The molecular formula is C14H16O. The van der Waals surface area contributed by atoms with Crippen LogP contribution in [0.4, 0.5) is 0 Å². The number of benzene rings is 1. The summed E-state index contributed by atoms with van der Waals surface area (Å²) in [7, 11) is 0. The van der Waals surface area contributed by atoms with E-state index in [1.165, 1.54) is 11.1 Å². The highest BCUT2D eigenvalue weighted by Crippen LogP contribution is 2.19. The largest absolute Gasteiger partial charge is 0.295 e. The molecule has 0 saturated heterocycles. The number of allylic oxidation sites excluding steroid dienone is 2. The molecule has 1 aliphatic carbocycles. The number of aryl methyl sites for hydroxylation is 1. The lowest BCUT2D eigenvalue weighted by molar-refractivity contribution is -0.115. The van der Waals surface area contributed by atoms with Gasteiger partial charge < -0.3 is 0 Å². The molecule has 0 unspecified atom stereocenters. The first-order valence-corrected chi connectivity index (χ1v) is 5.61. The SMILES string of the molecule is O=C1C=C(CCc2ccccc2)CCC1. The van der Waals surface area contributed by atoms with Gasteiger partial charge >= 0.3 is 0 Å². The predicted molar refractivity (Wildman–Crippen MR) is 61.7 cm³/mol. The van der Waals surface area contributed by atoms with Crippen LogP contribution in [0.15, 0.2) is 42.0 Å². The molecule has 1 nitrogen and oxygen atoms in total. The molecule has 0 radical (unpaired) electrons. The van der Waals surface area contributed by atoms with Gasteiger partial charge in [-0.15, -0.1) is 0 Å². The molecule has 0 fully saturated rings. The number of ketones is 1. The van der Waals surface area contributed by atoms with Crippen LogP contribution >= 0.6 is 0 Å². The fraction of sp³-hybridized carbons (Fsp3) is 0.357. The molecule has 1 heteroatoms. The Hall–Kier alpha value is -1.37. The summed E-state index contributed by atoms with van der Waals surface area (Å²) in [5, 5.41) is 0. The van der Waals surface area contributed by atoms with Crippen LogP contribution in [-0.2, 0) is 11.2 Å². The average molecular weight is 200 g/mol. The molecule has 15 heavy (non-hydrogen) atoms. The molecule has 0 aliphatic heterocycles. The van der Waals surface area contributed by atoms with E-state index in [4.69, 9.17) is 0 Å². The van der Waals surface area contributed by atoms with Gasteiger partial charge in [-0.25, -0.2) is 0 Å². The van der Waals surface area contributed by atoms with Crippen molar-refractivity contribution < 1.29 is 4.79 Å². The normalized spacial score (nSPS) is 16.3. The lowest BCUT2D eigenvalue weighted by Gasteiger charge is -2.11. The summed E-state index contributed by atoms with van der Waals surface area (Å²) in [4.78, 5) is 11.2. The summed E-state index contributed by atoms with van der Waals surface area (Å²) >= 11 is 0. The Kier molecular flexibility index (Phi) is 3.33. The molecule has 0 heterocycles. The Morgan fingerprint density at radius 3 is 2.53 bits per heavy atom. The molecular weight excluding hydrogens is 184 g/mol. The first-order chi connectivity index (χ1) is 7.34. The summed E-state index contributed by atoms with van der Waals surface area (Å²) in [6.45, 7) is 0. The smallest absolute Gasteiger partial charge is 0.155 e. The molecule has 0 saturated carbocycles. The van der Waals surface area contributed by atoms with Crippen molar-refractivity contribution in [3.63, 3.8) is 0 Å². The first kappa shape index (κ1) is 10.2. The van der Waals surface area contributed by atoms with Crippen molar-refractivity contribution in [2.75, 3.05) is 0 Å². The van der Waals surface area contributed by atoms with E-state index < -0.39 is 0 Å². The Labute approximate surface area is 90.8 Å². The molecule has 78 valence electrons. The minimum absolute atomic E-state index is 0.310. The van der Waals surface area contributed by atoms with Crippen molar-refractivity contribution in [2.45, 2.75) is 32.1 Å². The van der Waals surface area contributed by atoms with E-state index in [0.717, 1.165) is 32.1 Å². The molecule has 0 amide bonds. The van der Waals surface area contributed by atoms with Gasteiger partial charge in [-0.3, -0.25) is 4.79 Å². The van der Waals surface area contributed by atoms with E-state index in [-0.39, 0.29) is 0 Å². The Morgan fingerprint density at radius 1 is 1.00 bits per heavy atom. The monoisotopic (exact) mass is 200 g/mol. The molecule has 0 atom stereocenters. The van der Waals surface area contributed by atoms with Crippen molar-refractivity contribution >= 4 is 5.78 Å². The van der Waals surface area contributed by atoms with E-state index in [2.05, 4.69) is 24.3 Å². The van der Waals surface area contributed by atoms with Crippen LogP contribution in [0.5, 0.6) is 0 Å². The lowest BCUT2D eigenvalue weighted by Crippen LogP contribution is -2.03. The van der Waals surface area contributed by atoms with Crippen molar-refractivity contribution in [1.29, 1.82) is 0 Å². The van der Waals surface area contributed by atoms with Crippen LogP contribution in [0.3, 0.4) is 0 Å². The third-order valence-corrected chi connectivity index (χ3v) is 2.86. The highest BCUT2D eigenvalue weighted by molar-refractivity contribution is 5.91. The zero-order valence-corrected chi connectivity index (χ0v) is 8.91. The topological polar surface area (TPSA) is 17.1 Å². The van der Waals surface area contributed by atoms with Crippen LogP contribution in [0, 0.1) is 0 Å². The van der Waals surface area contributed by atoms with Crippen LogP contribution in [-0.4, -0.2) is 5.78 Å². The minimum atomic E-state index is 0.310. The predicted octanol–water partition coefficient (Wildman–Crippen LogP) is 3.30. The third-order valence-electron chi connectivity index (χ3n) is 2.86. The lowest BCUT2D eigenvalue weighted by atomic mass is 9.94. The van der Waals surface area contributed by atoms with Crippen LogP contribution < -0.4 is 0 Å². The Bertz CT molecular complexity index is 362. The van der Waals surface area contributed by atoms with E-state index in [1.54, 1.807) is 0 Å². The van der Waals surface area contributed by atoms with Crippen LogP contribution in [0.1, 0.15) is 31.2 Å². The number of rotatable bonds is 3. The van der Waals surface area contributed by atoms with Gasteiger partial charge in [0.1, 0.15) is 0 Å². The van der Waals surface area contributed by atoms with Gasteiger partial charge in [0, 0.05) is 6.42 Å². The van der Waals surface area contributed by atoms with Crippen molar-refractivity contribution in [2.24, 2.45) is 0 Å². The molecule has 0 N–H and O–H groups in total. The van der Waals surface area contributed by atoms with Crippen LogP contribution in [0.2, 0.25) is 0 Å². The molecule has 2 rings (SSSR count). The van der Waals surface area contributed by atoms with E-state index >= 15 is 0 Å². The summed E-state index contributed by atoms with van der Waals surface area (Å²) in [5.74, 6) is 0.310. The molecule has 0 aromatic heterocycles. The minimum Gasteiger partial charge on any atom is -0.295 e. The molecule has 1 aromatic carbocycles. The maximum Gasteiger partial charge on any atom is 0.155 e. The zero-order chi connectivity index (χ0) is 10.5. The standard InChI is InChI=1S/C14H16O/c15-14-8-4-7-13(11-14)10-9-12-5-2-1-3-6-12/h1-3,5-6,11H,4,7-10H2. The second-order valence-electron chi connectivity index (χ2n) is 4.11. The highest BCUT2D eigenvalue weighted by atomic mass is 16.1. The summed E-state index contributed by atoms with van der Waals surface area (Å²) < 4.78 is 0. The van der Waals surface area contributed by atoms with Gasteiger partial charge in [0.15, 0.2) is 5.78 Å². The fourth-order valence-electron chi connectivity index (χ4n) is 2.01. The zero-order valence-electron chi connectivity index (χ0n) is 8.91. The summed E-state index contributed by atoms with van der Waals surface area (Å²) in [5.41, 5.74) is 2.69. The second-order valence-corrected chi connectivity index (χ2v) is 4.11. The second kappa shape index (κ2) is 4.92. The third kappa shape index (κ3) is 3.05. The summed E-state index contributed by atoms with van der Waals surface area (Å²) in [6.07, 6.45) is 6.84. The van der Waals surface area contributed by atoms with Gasteiger partial charge in [0.05, 0.1) is 0 Å². The molecule has 1 aromatic rings. The van der Waals surface area contributed by atoms with Crippen molar-refractivity contribution in [1.82, 2.24) is 0 Å². The Morgan fingerprint density at radius 2 is 1.80 bits per heavy atom. The number of carbonyl (C=O) groups excluding carboxylic acids is 1. The average Bonchev–Trinajstić information content (AvgIpc) is 2.28. The van der Waals surface area contributed by atoms with Gasteiger partial charge in [-0.2, -0.15) is 0 Å². The highest BCUT2D eigenvalue weighted by Gasteiger charge is 2.09. The summed E-state index contributed by atoms with van der Waals surface area (Å²) in [6, 6.07) is 10.5. The van der Waals surface area contributed by atoms with E-state index in [9.17, 15) is 4.79 Å². The van der Waals surface area contributed by atoms with Gasteiger partial charge in [0.25, 0.3) is 0 Å². The van der Waals surface area contributed by atoms with Crippen LogP contribution in [0.25, 0.3) is 0 Å². The van der Waals surface area contributed by atoms with Gasteiger partial charge in [-0.05, 0) is 37.3 Å². The fourth-order valence-corrected chi connectivity index (χ4v) is 2.01. The van der Waals surface area contributed by atoms with E-state index in [0.29, 0.717) is 5.78 Å². The van der Waals surface area contributed by atoms with Crippen molar-refractivity contribution in [3.05, 3.63) is 47.5 Å². The maximum atomic E-state index is 11.2. The number of hydrogen-bond acceptors (Lipinski definition) is 1. The van der Waals surface area contributed by atoms with E-state index in [1.807, 2.05) is 12.1 Å².